The van der Waals surface area contributed by atoms with Gasteiger partial charge in [-0.3, -0.25) is 4.79 Å². The van der Waals surface area contributed by atoms with E-state index in [0.29, 0.717) is 12.2 Å². The summed E-state index contributed by atoms with van der Waals surface area (Å²) in [5.74, 6) is -1.20. The number of furan rings is 1. The highest BCUT2D eigenvalue weighted by Gasteiger charge is 2.32. The molecule has 0 saturated carbocycles. The van der Waals surface area contributed by atoms with Gasteiger partial charge in [0.05, 0.1) is 5.56 Å². The summed E-state index contributed by atoms with van der Waals surface area (Å²) in [6, 6.07) is 0. The summed E-state index contributed by atoms with van der Waals surface area (Å²) >= 11 is 0. The second-order valence-corrected chi connectivity index (χ2v) is 3.63. The molecule has 1 aromatic heterocycles. The third kappa shape index (κ3) is 1.55. The number of ketones is 1. The van der Waals surface area contributed by atoms with E-state index in [0.717, 1.165) is 6.26 Å². The minimum Gasteiger partial charge on any atom is -0.478 e. The standard InChI is InChI=1S/C10H10O5/c11-3-5-1-7(12)9-6(10(13)14)4-15-8(9)2-5/h4-5,11H,1-3H2,(H,13,14). The van der Waals surface area contributed by atoms with Crippen LogP contribution in [0.2, 0.25) is 0 Å². The Labute approximate surface area is 85.3 Å². The van der Waals surface area contributed by atoms with E-state index in [2.05, 4.69) is 0 Å². The topological polar surface area (TPSA) is 87.7 Å². The van der Waals surface area contributed by atoms with Crippen LogP contribution in [0.15, 0.2) is 10.7 Å². The fraction of sp³-hybridized carbons (Fsp3) is 0.400. The molecule has 1 aliphatic carbocycles. The van der Waals surface area contributed by atoms with E-state index in [-0.39, 0.29) is 35.9 Å². The van der Waals surface area contributed by atoms with Crippen LogP contribution in [0.25, 0.3) is 0 Å². The van der Waals surface area contributed by atoms with Gasteiger partial charge in [-0.15, -0.1) is 0 Å². The molecule has 1 unspecified atom stereocenters. The zero-order valence-electron chi connectivity index (χ0n) is 7.90. The van der Waals surface area contributed by atoms with Crippen molar-refractivity contribution in [2.45, 2.75) is 12.8 Å². The summed E-state index contributed by atoms with van der Waals surface area (Å²) in [6.45, 7) is -0.0890. The molecule has 0 amide bonds. The second-order valence-electron chi connectivity index (χ2n) is 3.63. The van der Waals surface area contributed by atoms with Crippen molar-refractivity contribution < 1.29 is 24.2 Å². The lowest BCUT2D eigenvalue weighted by atomic mass is 9.86. The zero-order valence-corrected chi connectivity index (χ0v) is 7.90. The van der Waals surface area contributed by atoms with Gasteiger partial charge in [0, 0.05) is 19.4 Å². The number of carboxylic acid groups (broad SMARTS) is 1. The van der Waals surface area contributed by atoms with E-state index in [1.54, 1.807) is 0 Å². The molecule has 0 fully saturated rings. The van der Waals surface area contributed by atoms with Crippen LogP contribution in [0, 0.1) is 5.92 Å². The number of carbonyl (C=O) groups is 2. The summed E-state index contributed by atoms with van der Waals surface area (Å²) in [7, 11) is 0. The fourth-order valence-corrected chi connectivity index (χ4v) is 1.84. The maximum atomic E-state index is 11.6. The molecule has 0 aliphatic heterocycles. The first-order valence-electron chi connectivity index (χ1n) is 4.61. The van der Waals surface area contributed by atoms with E-state index in [9.17, 15) is 9.59 Å². The van der Waals surface area contributed by atoms with Gasteiger partial charge in [-0.2, -0.15) is 0 Å². The van der Waals surface area contributed by atoms with Crippen LogP contribution in [0.3, 0.4) is 0 Å². The molecular weight excluding hydrogens is 200 g/mol. The lowest BCUT2D eigenvalue weighted by Crippen LogP contribution is -2.23. The van der Waals surface area contributed by atoms with E-state index in [1.807, 2.05) is 0 Å². The van der Waals surface area contributed by atoms with E-state index in [4.69, 9.17) is 14.6 Å². The van der Waals surface area contributed by atoms with Crippen LogP contribution < -0.4 is 0 Å². The average Bonchev–Trinajstić information content (AvgIpc) is 2.61. The first kappa shape index (κ1) is 9.92. The first-order chi connectivity index (χ1) is 7.13. The highest BCUT2D eigenvalue weighted by Crippen LogP contribution is 2.29. The minimum absolute atomic E-state index is 0.0774. The van der Waals surface area contributed by atoms with Crippen molar-refractivity contribution in [3.8, 4) is 0 Å². The Morgan fingerprint density at radius 2 is 2.27 bits per heavy atom. The third-order valence-corrected chi connectivity index (χ3v) is 2.58. The Bertz CT molecular complexity index is 417. The van der Waals surface area contributed by atoms with Crippen molar-refractivity contribution in [1.29, 1.82) is 0 Å². The monoisotopic (exact) mass is 210 g/mol. The Hall–Kier alpha value is -1.62. The lowest BCUT2D eigenvalue weighted by molar-refractivity contribution is 0.0690. The highest BCUT2D eigenvalue weighted by atomic mass is 16.4. The summed E-state index contributed by atoms with van der Waals surface area (Å²) in [6.07, 6.45) is 1.69. The molecule has 1 atom stereocenters. The maximum Gasteiger partial charge on any atom is 0.339 e. The molecule has 0 spiro atoms. The highest BCUT2D eigenvalue weighted by molar-refractivity contribution is 6.07. The molecule has 5 nitrogen and oxygen atoms in total. The van der Waals surface area contributed by atoms with Gasteiger partial charge in [0.1, 0.15) is 17.6 Å². The van der Waals surface area contributed by atoms with Crippen LogP contribution >= 0.6 is 0 Å². The summed E-state index contributed by atoms with van der Waals surface area (Å²) in [4.78, 5) is 22.4. The number of carboxylic acids is 1. The second kappa shape index (κ2) is 3.51. The summed E-state index contributed by atoms with van der Waals surface area (Å²) in [5.41, 5.74) is 0.0959. The van der Waals surface area contributed by atoms with Crippen LogP contribution in [-0.2, 0) is 6.42 Å². The summed E-state index contributed by atoms with van der Waals surface area (Å²) in [5, 5.41) is 17.7. The Morgan fingerprint density at radius 3 is 2.87 bits per heavy atom. The Balaban J connectivity index is 2.43. The zero-order chi connectivity index (χ0) is 11.0. The first-order valence-corrected chi connectivity index (χ1v) is 4.61. The molecule has 0 bridgehead atoms. The van der Waals surface area contributed by atoms with Gasteiger partial charge in [0.15, 0.2) is 5.78 Å². The number of aromatic carboxylic acids is 1. The SMILES string of the molecule is O=C(O)c1coc2c1C(=O)CC(CO)C2. The largest absolute Gasteiger partial charge is 0.478 e. The number of Topliss-reactive ketones (excluding diaryl/α,β-unsaturated/α-hetero) is 1. The maximum absolute atomic E-state index is 11.6. The molecule has 5 heteroatoms. The van der Waals surface area contributed by atoms with Crippen molar-refractivity contribution in [1.82, 2.24) is 0 Å². The quantitative estimate of drug-likeness (QED) is 0.750. The van der Waals surface area contributed by atoms with E-state index >= 15 is 0 Å². The molecule has 1 aliphatic rings. The van der Waals surface area contributed by atoms with Gasteiger partial charge < -0.3 is 14.6 Å². The number of rotatable bonds is 2. The van der Waals surface area contributed by atoms with Gasteiger partial charge in [0.2, 0.25) is 0 Å². The third-order valence-electron chi connectivity index (χ3n) is 2.58. The molecule has 0 aromatic carbocycles. The number of hydrogen-bond acceptors (Lipinski definition) is 4. The van der Waals surface area contributed by atoms with E-state index < -0.39 is 5.97 Å². The lowest BCUT2D eigenvalue weighted by Gasteiger charge is -2.17. The Morgan fingerprint density at radius 1 is 1.53 bits per heavy atom. The van der Waals surface area contributed by atoms with Crippen LogP contribution in [-0.4, -0.2) is 28.6 Å². The molecule has 0 radical (unpaired) electrons. The van der Waals surface area contributed by atoms with Gasteiger partial charge in [-0.1, -0.05) is 0 Å². The number of carbonyl (C=O) groups excluding carboxylic acids is 1. The number of hydrogen-bond donors (Lipinski definition) is 2. The smallest absolute Gasteiger partial charge is 0.339 e. The predicted octanol–water partition coefficient (Wildman–Crippen LogP) is 0.715. The molecule has 1 aromatic rings. The van der Waals surface area contributed by atoms with Crippen molar-refractivity contribution in [2.75, 3.05) is 6.61 Å². The van der Waals surface area contributed by atoms with Crippen LogP contribution in [0.1, 0.15) is 32.9 Å². The van der Waals surface area contributed by atoms with Gasteiger partial charge in [-0.05, 0) is 5.92 Å². The van der Waals surface area contributed by atoms with Gasteiger partial charge >= 0.3 is 5.97 Å². The van der Waals surface area contributed by atoms with Crippen molar-refractivity contribution >= 4 is 11.8 Å². The van der Waals surface area contributed by atoms with Crippen molar-refractivity contribution in [3.05, 3.63) is 23.2 Å². The minimum atomic E-state index is -1.16. The van der Waals surface area contributed by atoms with Gasteiger partial charge in [-0.25, -0.2) is 4.79 Å². The molecule has 2 N–H and O–H groups in total. The van der Waals surface area contributed by atoms with Gasteiger partial charge in [0.25, 0.3) is 0 Å². The molecule has 1 heterocycles. The number of aliphatic hydroxyl groups excluding tert-OH is 1. The van der Waals surface area contributed by atoms with E-state index in [1.165, 1.54) is 0 Å². The summed E-state index contributed by atoms with van der Waals surface area (Å²) < 4.78 is 5.04. The van der Waals surface area contributed by atoms with Crippen molar-refractivity contribution in [3.63, 3.8) is 0 Å². The average molecular weight is 210 g/mol. The predicted molar refractivity (Wildman–Crippen MR) is 48.9 cm³/mol. The molecule has 2 rings (SSSR count). The molecular formula is C10H10O5. The molecule has 15 heavy (non-hydrogen) atoms. The van der Waals surface area contributed by atoms with Crippen molar-refractivity contribution in [2.24, 2.45) is 5.92 Å². The Kier molecular flexibility index (Phi) is 2.32. The van der Waals surface area contributed by atoms with Crippen LogP contribution in [0.5, 0.6) is 0 Å². The molecule has 0 saturated heterocycles. The molecule has 80 valence electrons. The number of aliphatic hydroxyl groups is 1. The fourth-order valence-electron chi connectivity index (χ4n) is 1.84. The number of fused-ring (bicyclic) bond motifs is 1. The van der Waals surface area contributed by atoms with Crippen LogP contribution in [0.4, 0.5) is 0 Å². The normalized spacial score (nSPS) is 20.1.